The van der Waals surface area contributed by atoms with Crippen LogP contribution in [0.25, 0.3) is 0 Å². The highest BCUT2D eigenvalue weighted by molar-refractivity contribution is 5.91. The summed E-state index contributed by atoms with van der Waals surface area (Å²) in [5, 5.41) is 22.7. The van der Waals surface area contributed by atoms with E-state index in [0.717, 1.165) is 31.6 Å². The van der Waals surface area contributed by atoms with Crippen LogP contribution in [0.2, 0.25) is 0 Å². The molecular weight excluding hydrogens is 640 g/mol. The molecule has 0 heterocycles. The van der Waals surface area contributed by atoms with Crippen LogP contribution >= 0.6 is 0 Å². The van der Waals surface area contributed by atoms with Gasteiger partial charge in [-0.25, -0.2) is 0 Å². The molecule has 1 fully saturated rings. The van der Waals surface area contributed by atoms with Gasteiger partial charge >= 0.3 is 0 Å². The van der Waals surface area contributed by atoms with Gasteiger partial charge in [0.2, 0.25) is 17.7 Å². The predicted octanol–water partition coefficient (Wildman–Crippen LogP) is 5.44. The van der Waals surface area contributed by atoms with E-state index < -0.39 is 29.9 Å². The van der Waals surface area contributed by atoms with Gasteiger partial charge in [0.25, 0.3) is 0 Å². The third kappa shape index (κ3) is 20.7. The number of hydrogen-bond donors (Lipinski definition) is 4. The molecule has 0 unspecified atom stereocenters. The summed E-state index contributed by atoms with van der Waals surface area (Å²) in [5.74, 6) is 2.25. The van der Waals surface area contributed by atoms with Crippen molar-refractivity contribution in [3.8, 4) is 12.3 Å². The SMILES string of the molecule is C#CC[C@H](NC(=O)[C@@H](CC(=O)N(C)CCN(C)Cc1ccccc1)Cc1ccccc1)C(=O)NC[C@@H](O)CCC(C)C.CC1CCCCC1.CO. The van der Waals surface area contributed by atoms with Crippen LogP contribution in [0.5, 0.6) is 0 Å². The molecular formula is C42H66N4O5. The number of carbonyl (C=O) groups is 3. The molecule has 3 rings (SSSR count). The minimum absolute atomic E-state index is 0.000677. The maximum absolute atomic E-state index is 13.5. The summed E-state index contributed by atoms with van der Waals surface area (Å²) in [6, 6.07) is 18.7. The van der Waals surface area contributed by atoms with Crippen molar-refractivity contribution in [3.05, 3.63) is 71.8 Å². The van der Waals surface area contributed by atoms with Gasteiger partial charge in [0.05, 0.1) is 12.0 Å². The largest absolute Gasteiger partial charge is 0.400 e. The van der Waals surface area contributed by atoms with Crippen LogP contribution in [0.3, 0.4) is 0 Å². The third-order valence-electron chi connectivity index (χ3n) is 9.09. The number of aliphatic hydroxyl groups excluding tert-OH is 2. The van der Waals surface area contributed by atoms with Crippen molar-refractivity contribution >= 4 is 17.7 Å². The lowest BCUT2D eigenvalue weighted by Gasteiger charge is -2.25. The summed E-state index contributed by atoms with van der Waals surface area (Å²) >= 11 is 0. The summed E-state index contributed by atoms with van der Waals surface area (Å²) in [7, 11) is 4.76. The van der Waals surface area contributed by atoms with Gasteiger partial charge in [0, 0.05) is 53.2 Å². The normalized spacial score (nSPS) is 14.5. The number of nitrogens with one attached hydrogen (secondary N) is 2. The van der Waals surface area contributed by atoms with Crippen molar-refractivity contribution < 1.29 is 24.6 Å². The van der Waals surface area contributed by atoms with Gasteiger partial charge in [-0.3, -0.25) is 14.4 Å². The summed E-state index contributed by atoms with van der Waals surface area (Å²) < 4.78 is 0. The lowest BCUT2D eigenvalue weighted by Crippen LogP contribution is -2.50. The molecule has 1 saturated carbocycles. The van der Waals surface area contributed by atoms with Crippen LogP contribution in [-0.4, -0.2) is 90.7 Å². The first kappa shape index (κ1) is 45.3. The van der Waals surface area contributed by atoms with E-state index >= 15 is 0 Å². The predicted molar refractivity (Wildman–Crippen MR) is 208 cm³/mol. The molecule has 2 aromatic rings. The van der Waals surface area contributed by atoms with Crippen molar-refractivity contribution in [1.82, 2.24) is 20.4 Å². The maximum Gasteiger partial charge on any atom is 0.243 e. The fraction of sp³-hybridized carbons (Fsp3) is 0.595. The van der Waals surface area contributed by atoms with Gasteiger partial charge in [0.1, 0.15) is 6.04 Å². The van der Waals surface area contributed by atoms with Gasteiger partial charge in [-0.1, -0.05) is 114 Å². The number of benzene rings is 2. The maximum atomic E-state index is 13.5. The number of nitrogens with zero attached hydrogens (tertiary/aromatic N) is 2. The standard InChI is InChI=1S/C34H48N4O4.C7H14.CH4O/c1-6-13-31(34(42)35-24-30(39)19-18-26(2)3)36-33(41)29(22-27-14-9-7-10-15-27)23-32(40)38(5)21-20-37(4)25-28-16-11-8-12-17-28;1-7-5-3-2-4-6-7;1-2/h1,7-12,14-17,26,29-31,39H,13,18-25H2,2-5H3,(H,35,42)(H,36,41);7H,2-6H2,1H3;2H,1H3/t29-,30+,31+;;/m1../s1. The molecule has 284 valence electrons. The fourth-order valence-electron chi connectivity index (χ4n) is 5.84. The third-order valence-corrected chi connectivity index (χ3v) is 9.09. The molecule has 0 spiro atoms. The average Bonchev–Trinajstić information content (AvgIpc) is 3.13. The Morgan fingerprint density at radius 1 is 0.882 bits per heavy atom. The second-order valence-electron chi connectivity index (χ2n) is 14.2. The summed E-state index contributed by atoms with van der Waals surface area (Å²) in [5.41, 5.74) is 2.12. The average molecular weight is 707 g/mol. The minimum Gasteiger partial charge on any atom is -0.400 e. The number of carbonyl (C=O) groups excluding carboxylic acids is 3. The topological polar surface area (TPSA) is 122 Å². The lowest BCUT2D eigenvalue weighted by atomic mass is 9.91. The van der Waals surface area contributed by atoms with Crippen LogP contribution in [0.1, 0.15) is 89.7 Å². The van der Waals surface area contributed by atoms with Crippen LogP contribution in [0.15, 0.2) is 60.7 Å². The van der Waals surface area contributed by atoms with Crippen LogP contribution in [0, 0.1) is 30.1 Å². The second kappa shape index (κ2) is 27.0. The molecule has 2 aromatic carbocycles. The molecule has 0 bridgehead atoms. The molecule has 0 radical (unpaired) electrons. The van der Waals surface area contributed by atoms with E-state index in [0.29, 0.717) is 31.8 Å². The molecule has 9 nitrogen and oxygen atoms in total. The van der Waals surface area contributed by atoms with Crippen molar-refractivity contribution in [2.24, 2.45) is 17.8 Å². The Labute approximate surface area is 308 Å². The van der Waals surface area contributed by atoms with E-state index in [4.69, 9.17) is 11.5 Å². The van der Waals surface area contributed by atoms with E-state index in [9.17, 15) is 19.5 Å². The van der Waals surface area contributed by atoms with E-state index in [1.807, 2.05) is 55.6 Å². The highest BCUT2D eigenvalue weighted by Gasteiger charge is 2.28. The first-order chi connectivity index (χ1) is 24.5. The number of aliphatic hydroxyl groups is 2. The number of hydrogen-bond acceptors (Lipinski definition) is 6. The Morgan fingerprint density at radius 3 is 2.00 bits per heavy atom. The van der Waals surface area contributed by atoms with Gasteiger partial charge < -0.3 is 30.6 Å². The van der Waals surface area contributed by atoms with Crippen molar-refractivity contribution in [2.45, 2.75) is 104 Å². The highest BCUT2D eigenvalue weighted by atomic mass is 16.3. The van der Waals surface area contributed by atoms with Gasteiger partial charge in [-0.05, 0) is 49.3 Å². The number of terminal acetylenes is 1. The second-order valence-corrected chi connectivity index (χ2v) is 14.2. The van der Waals surface area contributed by atoms with Gasteiger partial charge in [-0.2, -0.15) is 0 Å². The Balaban J connectivity index is 0.00000126. The first-order valence-corrected chi connectivity index (χ1v) is 18.6. The Bertz CT molecular complexity index is 1260. The van der Waals surface area contributed by atoms with Crippen LogP contribution in [-0.2, 0) is 27.3 Å². The molecule has 0 saturated heterocycles. The summed E-state index contributed by atoms with van der Waals surface area (Å²) in [6.45, 7) is 8.56. The van der Waals surface area contributed by atoms with Crippen molar-refractivity contribution in [2.75, 3.05) is 40.8 Å². The molecule has 4 N–H and O–H groups in total. The van der Waals surface area contributed by atoms with E-state index in [2.05, 4.69) is 54.4 Å². The first-order valence-electron chi connectivity index (χ1n) is 18.6. The van der Waals surface area contributed by atoms with Crippen molar-refractivity contribution in [3.63, 3.8) is 0 Å². The molecule has 0 aromatic heterocycles. The minimum atomic E-state index is -0.961. The number of rotatable bonds is 18. The van der Waals surface area contributed by atoms with Gasteiger partial charge in [-0.15, -0.1) is 12.3 Å². The Kier molecular flexibility index (Phi) is 24.0. The van der Waals surface area contributed by atoms with Gasteiger partial charge in [0.15, 0.2) is 0 Å². The number of amides is 3. The Hall–Kier alpha value is -3.71. The summed E-state index contributed by atoms with van der Waals surface area (Å²) in [4.78, 5) is 43.4. The number of likely N-dealkylation sites (N-methyl/N-ethyl adjacent to an activating group) is 2. The fourth-order valence-corrected chi connectivity index (χ4v) is 5.84. The molecule has 3 amide bonds. The van der Waals surface area contributed by atoms with E-state index in [-0.39, 0.29) is 25.3 Å². The smallest absolute Gasteiger partial charge is 0.243 e. The van der Waals surface area contributed by atoms with Crippen LogP contribution in [0.4, 0.5) is 0 Å². The molecule has 0 aliphatic heterocycles. The molecule has 3 atom stereocenters. The molecule has 51 heavy (non-hydrogen) atoms. The zero-order chi connectivity index (χ0) is 38.0. The van der Waals surface area contributed by atoms with E-state index in [1.54, 1.807) is 11.9 Å². The summed E-state index contributed by atoms with van der Waals surface area (Å²) in [6.07, 6.45) is 14.0. The monoisotopic (exact) mass is 707 g/mol. The zero-order valence-corrected chi connectivity index (χ0v) is 32.2. The van der Waals surface area contributed by atoms with Crippen LogP contribution < -0.4 is 10.6 Å². The zero-order valence-electron chi connectivity index (χ0n) is 32.2. The molecule has 9 heteroatoms. The molecule has 1 aliphatic carbocycles. The molecule has 1 aliphatic rings. The highest BCUT2D eigenvalue weighted by Crippen LogP contribution is 2.22. The quantitative estimate of drug-likeness (QED) is 0.153. The van der Waals surface area contributed by atoms with Crippen molar-refractivity contribution in [1.29, 1.82) is 0 Å². The Morgan fingerprint density at radius 2 is 1.47 bits per heavy atom. The van der Waals surface area contributed by atoms with E-state index in [1.165, 1.54) is 37.7 Å². The lowest BCUT2D eigenvalue weighted by molar-refractivity contribution is -0.136.